The fraction of sp³-hybridized carbons (Fsp3) is 0.600. The van der Waals surface area contributed by atoms with E-state index < -0.39 is 4.92 Å². The first-order valence-electron chi connectivity index (χ1n) is 5.47. The Labute approximate surface area is 102 Å². The average Bonchev–Trinajstić information content (AvgIpc) is 2.78. The molecule has 1 fully saturated rings. The van der Waals surface area contributed by atoms with Crippen molar-refractivity contribution in [3.8, 4) is 0 Å². The molecule has 2 heterocycles. The van der Waals surface area contributed by atoms with Gasteiger partial charge in [-0.1, -0.05) is 0 Å². The van der Waals surface area contributed by atoms with Crippen LogP contribution in [0.5, 0.6) is 0 Å². The van der Waals surface area contributed by atoms with Gasteiger partial charge in [-0.25, -0.2) is 4.98 Å². The first kappa shape index (κ1) is 12.0. The normalized spacial score (nSPS) is 20.3. The molecule has 1 aromatic heterocycles. The zero-order valence-corrected chi connectivity index (χ0v) is 10.3. The summed E-state index contributed by atoms with van der Waals surface area (Å²) in [7, 11) is 0. The Kier molecular flexibility index (Phi) is 3.37. The summed E-state index contributed by atoms with van der Waals surface area (Å²) >= 11 is 1.03. The third-order valence-corrected chi connectivity index (χ3v) is 3.87. The number of nitrogens with zero attached hydrogens (tertiary/aromatic N) is 3. The maximum atomic E-state index is 11.5. The second-order valence-electron chi connectivity index (χ2n) is 4.05. The van der Waals surface area contributed by atoms with Crippen molar-refractivity contribution in [1.82, 2.24) is 4.98 Å². The Hall–Kier alpha value is -1.50. The van der Waals surface area contributed by atoms with Crippen LogP contribution in [0.3, 0.4) is 0 Å². The van der Waals surface area contributed by atoms with Gasteiger partial charge in [-0.05, 0) is 37.5 Å². The van der Waals surface area contributed by atoms with Crippen LogP contribution in [-0.2, 0) is 4.79 Å². The third kappa shape index (κ3) is 2.44. The molecule has 0 aromatic carbocycles. The quantitative estimate of drug-likeness (QED) is 0.610. The molecular weight excluding hydrogens is 242 g/mol. The van der Waals surface area contributed by atoms with Crippen LogP contribution in [0, 0.1) is 10.1 Å². The van der Waals surface area contributed by atoms with Crippen LogP contribution >= 0.6 is 11.3 Å². The fourth-order valence-electron chi connectivity index (χ4n) is 2.06. The van der Waals surface area contributed by atoms with Gasteiger partial charge in [0.15, 0.2) is 10.9 Å². The third-order valence-electron chi connectivity index (χ3n) is 2.88. The van der Waals surface area contributed by atoms with E-state index in [2.05, 4.69) is 4.98 Å². The lowest BCUT2D eigenvalue weighted by atomic mass is 10.00. The van der Waals surface area contributed by atoms with Crippen molar-refractivity contribution in [3.05, 3.63) is 16.3 Å². The SMILES string of the molecule is CC(=O)C1CCCCN1c1ncc([N+](=O)[O-])s1. The van der Waals surface area contributed by atoms with Crippen LogP contribution in [0.4, 0.5) is 10.1 Å². The van der Waals surface area contributed by atoms with Crippen molar-refractivity contribution in [2.45, 2.75) is 32.2 Å². The van der Waals surface area contributed by atoms with Crippen LogP contribution in [0.25, 0.3) is 0 Å². The zero-order valence-electron chi connectivity index (χ0n) is 9.46. The summed E-state index contributed by atoms with van der Waals surface area (Å²) in [5.41, 5.74) is 0. The monoisotopic (exact) mass is 255 g/mol. The summed E-state index contributed by atoms with van der Waals surface area (Å²) < 4.78 is 0. The highest BCUT2D eigenvalue weighted by molar-refractivity contribution is 7.18. The minimum atomic E-state index is -0.451. The van der Waals surface area contributed by atoms with Crippen molar-refractivity contribution >= 4 is 27.3 Å². The molecule has 0 spiro atoms. The van der Waals surface area contributed by atoms with Gasteiger partial charge in [-0.15, -0.1) is 0 Å². The zero-order chi connectivity index (χ0) is 12.4. The van der Waals surface area contributed by atoms with E-state index in [0.717, 1.165) is 37.1 Å². The smallest absolute Gasteiger partial charge is 0.338 e. The molecule has 2 rings (SSSR count). The van der Waals surface area contributed by atoms with Gasteiger partial charge < -0.3 is 4.90 Å². The van der Waals surface area contributed by atoms with Crippen LogP contribution in [-0.4, -0.2) is 28.3 Å². The number of ketones is 1. The van der Waals surface area contributed by atoms with Crippen LogP contribution < -0.4 is 4.90 Å². The van der Waals surface area contributed by atoms with Crippen LogP contribution in [0.2, 0.25) is 0 Å². The molecule has 1 aromatic rings. The molecule has 6 nitrogen and oxygen atoms in total. The molecule has 1 atom stereocenters. The highest BCUT2D eigenvalue weighted by atomic mass is 32.1. The number of anilines is 1. The van der Waals surface area contributed by atoms with Crippen LogP contribution in [0.15, 0.2) is 6.20 Å². The van der Waals surface area contributed by atoms with E-state index in [0.29, 0.717) is 5.13 Å². The molecule has 92 valence electrons. The maximum absolute atomic E-state index is 11.5. The van der Waals surface area contributed by atoms with E-state index in [1.807, 2.05) is 4.90 Å². The summed E-state index contributed by atoms with van der Waals surface area (Å²) in [6, 6.07) is -0.172. The number of nitro groups is 1. The van der Waals surface area contributed by atoms with Gasteiger partial charge in [0.25, 0.3) is 0 Å². The van der Waals surface area contributed by atoms with Gasteiger partial charge in [-0.2, -0.15) is 0 Å². The molecule has 0 bridgehead atoms. The lowest BCUT2D eigenvalue weighted by molar-refractivity contribution is -0.380. The first-order valence-corrected chi connectivity index (χ1v) is 6.28. The number of thiazole rings is 1. The van der Waals surface area contributed by atoms with Crippen LogP contribution in [0.1, 0.15) is 26.2 Å². The molecule has 0 saturated carbocycles. The van der Waals surface area contributed by atoms with Gasteiger partial charge >= 0.3 is 5.00 Å². The second kappa shape index (κ2) is 4.79. The number of carbonyl (C=O) groups is 1. The Morgan fingerprint density at radius 3 is 3.00 bits per heavy atom. The lowest BCUT2D eigenvalue weighted by Gasteiger charge is -2.33. The first-order chi connectivity index (χ1) is 8.09. The van der Waals surface area contributed by atoms with Gasteiger partial charge in [-0.3, -0.25) is 14.9 Å². The number of hydrogen-bond donors (Lipinski definition) is 0. The number of carbonyl (C=O) groups excluding carboxylic acids is 1. The summed E-state index contributed by atoms with van der Waals surface area (Å²) in [5, 5.41) is 11.2. The Morgan fingerprint density at radius 2 is 2.41 bits per heavy atom. The Morgan fingerprint density at radius 1 is 1.65 bits per heavy atom. The van der Waals surface area contributed by atoms with E-state index in [1.54, 1.807) is 6.92 Å². The van der Waals surface area contributed by atoms with Crippen molar-refractivity contribution in [1.29, 1.82) is 0 Å². The number of hydrogen-bond acceptors (Lipinski definition) is 6. The summed E-state index contributed by atoms with van der Waals surface area (Å²) in [6.07, 6.45) is 4.08. The van der Waals surface area contributed by atoms with E-state index in [4.69, 9.17) is 0 Å². The summed E-state index contributed by atoms with van der Waals surface area (Å²) in [4.78, 5) is 27.6. The van der Waals surface area contributed by atoms with Crippen molar-refractivity contribution in [2.75, 3.05) is 11.4 Å². The summed E-state index contributed by atoms with van der Waals surface area (Å²) in [5.74, 6) is 0.0996. The molecule has 0 radical (unpaired) electrons. The van der Waals surface area contributed by atoms with Gasteiger partial charge in [0.1, 0.15) is 6.20 Å². The number of rotatable bonds is 3. The molecule has 1 aliphatic heterocycles. The number of aromatic nitrogens is 1. The molecule has 0 aliphatic carbocycles. The number of Topliss-reactive ketones (excluding diaryl/α,β-unsaturated/α-hetero) is 1. The fourth-order valence-corrected chi connectivity index (χ4v) is 2.87. The number of piperidine rings is 1. The molecule has 1 saturated heterocycles. The Balaban J connectivity index is 2.23. The predicted molar refractivity (Wildman–Crippen MR) is 64.4 cm³/mol. The second-order valence-corrected chi connectivity index (χ2v) is 5.04. The van der Waals surface area contributed by atoms with Gasteiger partial charge in [0.05, 0.1) is 11.0 Å². The Bertz CT molecular complexity index is 446. The largest absolute Gasteiger partial charge is 0.345 e. The maximum Gasteiger partial charge on any atom is 0.345 e. The van der Waals surface area contributed by atoms with Crippen molar-refractivity contribution < 1.29 is 9.72 Å². The van der Waals surface area contributed by atoms with E-state index in [1.165, 1.54) is 6.20 Å². The average molecular weight is 255 g/mol. The van der Waals surface area contributed by atoms with E-state index in [-0.39, 0.29) is 16.8 Å². The van der Waals surface area contributed by atoms with E-state index in [9.17, 15) is 14.9 Å². The highest BCUT2D eigenvalue weighted by Gasteiger charge is 2.29. The lowest BCUT2D eigenvalue weighted by Crippen LogP contribution is -2.43. The van der Waals surface area contributed by atoms with Crippen molar-refractivity contribution in [3.63, 3.8) is 0 Å². The predicted octanol–water partition coefficient (Wildman–Crippen LogP) is 2.00. The standard InChI is InChI=1S/C10H13N3O3S/c1-7(14)8-4-2-3-5-12(8)10-11-6-9(17-10)13(15)16/h6,8H,2-5H2,1H3. The molecule has 17 heavy (non-hydrogen) atoms. The topological polar surface area (TPSA) is 76.3 Å². The van der Waals surface area contributed by atoms with Gasteiger partial charge in [0, 0.05) is 6.54 Å². The van der Waals surface area contributed by atoms with E-state index >= 15 is 0 Å². The van der Waals surface area contributed by atoms with Gasteiger partial charge in [0.2, 0.25) is 0 Å². The minimum absolute atomic E-state index is 0.0212. The molecule has 0 amide bonds. The summed E-state index contributed by atoms with van der Waals surface area (Å²) in [6.45, 7) is 2.31. The van der Waals surface area contributed by atoms with Crippen molar-refractivity contribution in [2.24, 2.45) is 0 Å². The molecule has 1 aliphatic rings. The molecular formula is C10H13N3O3S. The molecule has 7 heteroatoms. The highest BCUT2D eigenvalue weighted by Crippen LogP contribution is 2.32. The molecule has 1 unspecified atom stereocenters. The minimum Gasteiger partial charge on any atom is -0.338 e. The molecule has 0 N–H and O–H groups in total.